The van der Waals surface area contributed by atoms with Crippen molar-refractivity contribution in [1.29, 1.82) is 5.41 Å². The molecule has 260 valence electrons. The SMILES string of the molecule is C=C(/C=C\C(=N)c1ccc2oc3cc4ccccc4cc3c2c1)c1c2ccccc2c(-c2cc3ccc4cccc5ccc(c2)c3c45)c2ccccc12.CC. The molecule has 0 atom stereocenters. The van der Waals surface area contributed by atoms with E-state index in [1.807, 2.05) is 44.2 Å². The second-order valence-electron chi connectivity index (χ2n) is 14.1. The zero-order valence-electron chi connectivity index (χ0n) is 30.8. The van der Waals surface area contributed by atoms with Crippen molar-refractivity contribution in [2.45, 2.75) is 13.8 Å². The summed E-state index contributed by atoms with van der Waals surface area (Å²) in [5, 5.41) is 25.9. The monoisotopic (exact) mass is 703 g/mol. The Morgan fingerprint density at radius 2 is 1.00 bits per heavy atom. The van der Waals surface area contributed by atoms with Crippen molar-refractivity contribution in [2.75, 3.05) is 0 Å². The van der Waals surface area contributed by atoms with Gasteiger partial charge in [0.1, 0.15) is 11.2 Å². The highest BCUT2D eigenvalue weighted by atomic mass is 16.3. The van der Waals surface area contributed by atoms with Crippen LogP contribution in [0.25, 0.3) is 103 Å². The molecule has 0 spiro atoms. The fraction of sp³-hybridized carbons (Fsp3) is 0.0377. The van der Waals surface area contributed by atoms with E-state index in [0.29, 0.717) is 5.71 Å². The number of rotatable bonds is 5. The third-order valence-corrected chi connectivity index (χ3v) is 11.1. The van der Waals surface area contributed by atoms with Crippen LogP contribution >= 0.6 is 0 Å². The zero-order valence-corrected chi connectivity index (χ0v) is 30.8. The molecule has 0 saturated heterocycles. The molecule has 0 unspecified atom stereocenters. The molecule has 0 radical (unpaired) electrons. The molecule has 55 heavy (non-hydrogen) atoms. The maximum atomic E-state index is 9.12. The van der Waals surface area contributed by atoms with Crippen LogP contribution in [0, 0.1) is 5.41 Å². The summed E-state index contributed by atoms with van der Waals surface area (Å²) >= 11 is 0. The molecule has 11 rings (SSSR count). The van der Waals surface area contributed by atoms with E-state index in [0.717, 1.165) is 54.8 Å². The fourth-order valence-corrected chi connectivity index (χ4v) is 8.68. The fourth-order valence-electron chi connectivity index (χ4n) is 8.68. The average molecular weight is 704 g/mol. The van der Waals surface area contributed by atoms with Crippen LogP contribution < -0.4 is 0 Å². The minimum atomic E-state index is 0.419. The van der Waals surface area contributed by atoms with Gasteiger partial charge in [0.2, 0.25) is 0 Å². The molecule has 11 aromatic rings. The number of fused-ring (bicyclic) bond motifs is 6. The minimum absolute atomic E-state index is 0.419. The highest BCUT2D eigenvalue weighted by molar-refractivity contribution is 6.26. The van der Waals surface area contributed by atoms with Crippen LogP contribution in [-0.4, -0.2) is 5.71 Å². The molecule has 2 nitrogen and oxygen atoms in total. The van der Waals surface area contributed by atoms with Crippen molar-refractivity contribution in [3.63, 3.8) is 0 Å². The summed E-state index contributed by atoms with van der Waals surface area (Å²) in [6, 6.07) is 56.3. The van der Waals surface area contributed by atoms with Crippen LogP contribution in [0.4, 0.5) is 0 Å². The maximum Gasteiger partial charge on any atom is 0.136 e. The van der Waals surface area contributed by atoms with Crippen molar-refractivity contribution in [2.24, 2.45) is 0 Å². The van der Waals surface area contributed by atoms with Gasteiger partial charge in [-0.05, 0) is 135 Å². The van der Waals surface area contributed by atoms with Gasteiger partial charge in [-0.15, -0.1) is 0 Å². The molecular weight excluding hydrogens is 667 g/mol. The van der Waals surface area contributed by atoms with Crippen LogP contribution in [0.2, 0.25) is 0 Å². The summed E-state index contributed by atoms with van der Waals surface area (Å²) < 4.78 is 6.22. The molecule has 0 fully saturated rings. The first-order valence-electron chi connectivity index (χ1n) is 19.0. The first kappa shape index (κ1) is 32.6. The van der Waals surface area contributed by atoms with Gasteiger partial charge in [0.05, 0.1) is 5.71 Å². The lowest BCUT2D eigenvalue weighted by atomic mass is 9.84. The maximum absolute atomic E-state index is 9.12. The van der Waals surface area contributed by atoms with Gasteiger partial charge >= 0.3 is 0 Å². The normalized spacial score (nSPS) is 11.9. The molecule has 10 aromatic carbocycles. The van der Waals surface area contributed by atoms with Gasteiger partial charge in [-0.1, -0.05) is 142 Å². The van der Waals surface area contributed by atoms with E-state index in [-0.39, 0.29) is 0 Å². The number of hydrogen-bond acceptors (Lipinski definition) is 2. The topological polar surface area (TPSA) is 37.0 Å². The summed E-state index contributed by atoms with van der Waals surface area (Å²) in [6.45, 7) is 8.60. The standard InChI is InChI=1S/C51H31NO.C2H6/c1-30(17-23-45(52)35-22-24-46-43(28-35)44-27-33-9-2-3-10-34(33)29-47(44)53-46)48-39-13-4-6-15-41(39)51(42-16-7-5-14-40(42)48)38-25-36-20-18-31-11-8-12-32-19-21-37(26-38)50(36)49(31)32;1-2/h2-29,52H,1H2;1-2H3/b23-17-,52-45?;. The summed E-state index contributed by atoms with van der Waals surface area (Å²) in [5.74, 6) is 0. The van der Waals surface area contributed by atoms with E-state index in [9.17, 15) is 0 Å². The van der Waals surface area contributed by atoms with Crippen molar-refractivity contribution < 1.29 is 4.42 Å². The van der Waals surface area contributed by atoms with Gasteiger partial charge in [0, 0.05) is 16.3 Å². The third kappa shape index (κ3) is 5.14. The number of hydrogen-bond donors (Lipinski definition) is 1. The van der Waals surface area contributed by atoms with Gasteiger partial charge in [0.15, 0.2) is 0 Å². The van der Waals surface area contributed by atoms with Crippen molar-refractivity contribution in [1.82, 2.24) is 0 Å². The molecule has 0 aliphatic heterocycles. The number of furan rings is 1. The van der Waals surface area contributed by atoms with Crippen molar-refractivity contribution in [3.8, 4) is 11.1 Å². The second-order valence-corrected chi connectivity index (χ2v) is 14.1. The third-order valence-electron chi connectivity index (χ3n) is 11.1. The average Bonchev–Trinajstić information content (AvgIpc) is 3.59. The summed E-state index contributed by atoms with van der Waals surface area (Å²) in [7, 11) is 0. The van der Waals surface area contributed by atoms with Crippen LogP contribution in [-0.2, 0) is 0 Å². The van der Waals surface area contributed by atoms with Crippen molar-refractivity contribution >= 4 is 97.9 Å². The van der Waals surface area contributed by atoms with E-state index < -0.39 is 0 Å². The summed E-state index contributed by atoms with van der Waals surface area (Å²) in [6.07, 6.45) is 3.87. The molecule has 1 heterocycles. The molecule has 0 aliphatic carbocycles. The first-order chi connectivity index (χ1) is 27.1. The molecule has 1 aromatic heterocycles. The van der Waals surface area contributed by atoms with Gasteiger partial charge in [-0.3, -0.25) is 0 Å². The smallest absolute Gasteiger partial charge is 0.136 e. The van der Waals surface area contributed by atoms with Crippen LogP contribution in [0.5, 0.6) is 0 Å². The van der Waals surface area contributed by atoms with Crippen molar-refractivity contribution in [3.05, 3.63) is 188 Å². The Labute approximate surface area is 319 Å². The van der Waals surface area contributed by atoms with E-state index in [2.05, 4.69) is 146 Å². The quantitative estimate of drug-likeness (QED) is 0.0824. The van der Waals surface area contributed by atoms with Crippen LogP contribution in [0.15, 0.2) is 181 Å². The van der Waals surface area contributed by atoms with Crippen LogP contribution in [0.1, 0.15) is 25.0 Å². The van der Waals surface area contributed by atoms with Gasteiger partial charge in [-0.2, -0.15) is 0 Å². The molecule has 0 saturated carbocycles. The molecule has 0 aliphatic rings. The largest absolute Gasteiger partial charge is 0.456 e. The van der Waals surface area contributed by atoms with E-state index in [4.69, 9.17) is 9.83 Å². The predicted molar refractivity (Wildman–Crippen MR) is 238 cm³/mol. The van der Waals surface area contributed by atoms with Crippen LogP contribution in [0.3, 0.4) is 0 Å². The Bertz CT molecular complexity index is 3260. The summed E-state index contributed by atoms with van der Waals surface area (Å²) in [4.78, 5) is 0. The highest BCUT2D eigenvalue weighted by Gasteiger charge is 2.18. The van der Waals surface area contributed by atoms with Gasteiger partial charge < -0.3 is 9.83 Å². The highest BCUT2D eigenvalue weighted by Crippen LogP contribution is 2.44. The van der Waals surface area contributed by atoms with E-state index in [1.54, 1.807) is 0 Å². The minimum Gasteiger partial charge on any atom is -0.456 e. The number of nitrogens with one attached hydrogen (secondary N) is 1. The number of benzene rings is 10. The molecule has 0 amide bonds. The Kier molecular flexibility index (Phi) is 7.60. The molecule has 1 N–H and O–H groups in total. The van der Waals surface area contributed by atoms with E-state index in [1.165, 1.54) is 59.6 Å². The molecular formula is C53H37NO. The summed E-state index contributed by atoms with van der Waals surface area (Å²) in [5.41, 5.74) is 7.31. The first-order valence-corrected chi connectivity index (χ1v) is 19.0. The second kappa shape index (κ2) is 12.8. The Balaban J connectivity index is 0.00000183. The van der Waals surface area contributed by atoms with Gasteiger partial charge in [0.25, 0.3) is 0 Å². The number of allylic oxidation sites excluding steroid dienone is 3. The Morgan fingerprint density at radius 3 is 1.65 bits per heavy atom. The van der Waals surface area contributed by atoms with Gasteiger partial charge in [-0.25, -0.2) is 0 Å². The van der Waals surface area contributed by atoms with E-state index >= 15 is 0 Å². The lowest BCUT2D eigenvalue weighted by Crippen LogP contribution is -1.95. The molecule has 0 bridgehead atoms. The molecule has 2 heteroatoms. The predicted octanol–water partition coefficient (Wildman–Crippen LogP) is 15.3. The lowest BCUT2D eigenvalue weighted by Gasteiger charge is -2.19. The lowest BCUT2D eigenvalue weighted by molar-refractivity contribution is 0.669. The Morgan fingerprint density at radius 1 is 0.473 bits per heavy atom. The Hall–Kier alpha value is -7.03. The zero-order chi connectivity index (χ0) is 37.2.